The monoisotopic (exact) mass is 296 g/mol. The number of hydrogen-bond donors (Lipinski definition) is 3. The predicted molar refractivity (Wildman–Crippen MR) is 61.6 cm³/mol. The van der Waals surface area contributed by atoms with Crippen molar-refractivity contribution >= 4 is 22.9 Å². The Morgan fingerprint density at radius 2 is 2.24 bits per heavy atom. The lowest BCUT2D eigenvalue weighted by atomic mass is 10.2. The smallest absolute Gasteiger partial charge is 0.353 e. The molecule has 0 aliphatic carbocycles. The van der Waals surface area contributed by atoms with Crippen molar-refractivity contribution in [2.45, 2.75) is 6.54 Å². The summed E-state index contributed by atoms with van der Waals surface area (Å²) in [6.45, 7) is 4.28. The first-order chi connectivity index (χ1) is 7.63. The summed E-state index contributed by atoms with van der Waals surface area (Å²) in [6.07, 6.45) is 1.76. The van der Waals surface area contributed by atoms with Crippen molar-refractivity contribution in [2.24, 2.45) is 5.73 Å². The zero-order valence-corrected chi connectivity index (χ0v) is 10.7. The maximum atomic E-state index is 11.0. The number of hydrogen-bond acceptors (Lipinski definition) is 2. The van der Waals surface area contributed by atoms with E-state index in [2.05, 4.69) is 11.6 Å². The third-order valence-corrected chi connectivity index (χ3v) is 2.44. The minimum absolute atomic E-state index is 0. The molecular formula is C11H13BrN4O. The van der Waals surface area contributed by atoms with Gasteiger partial charge in [-0.2, -0.15) is 0 Å². The summed E-state index contributed by atoms with van der Waals surface area (Å²) in [6, 6.07) is 5.18. The summed E-state index contributed by atoms with van der Waals surface area (Å²) in [7, 11) is 0. The molecule has 0 spiro atoms. The molecule has 0 aliphatic heterocycles. The van der Waals surface area contributed by atoms with Crippen LogP contribution in [0.15, 0.2) is 30.9 Å². The van der Waals surface area contributed by atoms with E-state index in [-0.39, 0.29) is 17.0 Å². The Balaban J connectivity index is 0.00000144. The van der Waals surface area contributed by atoms with E-state index in [1.807, 2.05) is 10.6 Å². The Kier molecular flexibility index (Phi) is 3.90. The molecule has 0 saturated heterocycles. The maximum absolute atomic E-state index is 11.0. The molecule has 2 aromatic rings. The lowest BCUT2D eigenvalue weighted by molar-refractivity contribution is -0.645. The standard InChI is InChI=1S/C11H12N4O.BrH/c1-2-5-15-9-4-3-7(10(12)16)6-8(9)14-11(15)13;/h2-4,6H,1,5H2,(H4,12,13,14,16);1H. The van der Waals surface area contributed by atoms with Gasteiger partial charge in [0.2, 0.25) is 5.91 Å². The van der Waals surface area contributed by atoms with Crippen molar-refractivity contribution in [2.75, 3.05) is 5.73 Å². The SMILES string of the molecule is C=CC[n+]1c(N)[nH]c2cc(C(N)=O)ccc21.[Br-]. The molecular weight excluding hydrogens is 284 g/mol. The van der Waals surface area contributed by atoms with E-state index in [0.717, 1.165) is 11.0 Å². The number of nitrogens with one attached hydrogen (secondary N) is 1. The molecule has 90 valence electrons. The number of carbonyl (C=O) groups is 1. The zero-order chi connectivity index (χ0) is 11.7. The maximum Gasteiger partial charge on any atom is 0.353 e. The number of halogens is 1. The number of benzene rings is 1. The molecule has 0 unspecified atom stereocenters. The number of primary amides is 1. The van der Waals surface area contributed by atoms with Gasteiger partial charge in [0.25, 0.3) is 0 Å². The molecule has 0 aliphatic rings. The van der Waals surface area contributed by atoms with Gasteiger partial charge in [0.15, 0.2) is 0 Å². The summed E-state index contributed by atoms with van der Waals surface area (Å²) >= 11 is 0. The second-order valence-electron chi connectivity index (χ2n) is 3.51. The molecule has 2 rings (SSSR count). The second kappa shape index (κ2) is 5.01. The number of carbonyl (C=O) groups excluding carboxylic acids is 1. The fourth-order valence-corrected chi connectivity index (χ4v) is 1.69. The van der Waals surface area contributed by atoms with Crippen LogP contribution in [0.25, 0.3) is 11.0 Å². The lowest BCUT2D eigenvalue weighted by Crippen LogP contribution is -3.00. The minimum Gasteiger partial charge on any atom is -1.00 e. The Hall–Kier alpha value is -1.82. The minimum atomic E-state index is -0.453. The molecule has 5 N–H and O–H groups in total. The highest BCUT2D eigenvalue weighted by Gasteiger charge is 2.14. The van der Waals surface area contributed by atoms with Crippen molar-refractivity contribution in [1.29, 1.82) is 0 Å². The number of amides is 1. The van der Waals surface area contributed by atoms with E-state index in [1.54, 1.807) is 18.2 Å². The van der Waals surface area contributed by atoms with E-state index in [4.69, 9.17) is 11.5 Å². The van der Waals surface area contributed by atoms with Gasteiger partial charge in [-0.3, -0.25) is 10.5 Å². The molecule has 1 heterocycles. The van der Waals surface area contributed by atoms with Gasteiger partial charge >= 0.3 is 5.95 Å². The number of imidazole rings is 1. The normalized spacial score (nSPS) is 9.88. The number of rotatable bonds is 3. The van der Waals surface area contributed by atoms with Crippen molar-refractivity contribution < 1.29 is 26.3 Å². The van der Waals surface area contributed by atoms with Crippen molar-refractivity contribution in [3.05, 3.63) is 36.4 Å². The topological polar surface area (TPSA) is 88.8 Å². The molecule has 1 aromatic carbocycles. The van der Waals surface area contributed by atoms with E-state index < -0.39 is 5.91 Å². The van der Waals surface area contributed by atoms with Crippen molar-refractivity contribution in [1.82, 2.24) is 4.98 Å². The van der Waals surface area contributed by atoms with Gasteiger partial charge in [-0.05, 0) is 18.2 Å². The van der Waals surface area contributed by atoms with Gasteiger partial charge in [-0.1, -0.05) is 12.7 Å². The largest absolute Gasteiger partial charge is 1.00 e. The van der Waals surface area contributed by atoms with Gasteiger partial charge in [-0.15, -0.1) is 0 Å². The van der Waals surface area contributed by atoms with Crippen LogP contribution in [-0.2, 0) is 6.54 Å². The van der Waals surface area contributed by atoms with Crippen LogP contribution in [0, 0.1) is 0 Å². The number of nitrogen functional groups attached to an aromatic ring is 1. The zero-order valence-electron chi connectivity index (χ0n) is 9.11. The molecule has 0 bridgehead atoms. The third kappa shape index (κ3) is 2.31. The number of aromatic nitrogens is 2. The molecule has 0 atom stereocenters. The Morgan fingerprint density at radius 3 is 2.82 bits per heavy atom. The Labute approximate surface area is 109 Å². The van der Waals surface area contributed by atoms with Gasteiger partial charge < -0.3 is 22.7 Å². The van der Waals surface area contributed by atoms with E-state index in [9.17, 15) is 4.79 Å². The first-order valence-corrected chi connectivity index (χ1v) is 4.85. The van der Waals surface area contributed by atoms with Crippen LogP contribution in [-0.4, -0.2) is 10.9 Å². The van der Waals surface area contributed by atoms with E-state index in [1.165, 1.54) is 0 Å². The van der Waals surface area contributed by atoms with Gasteiger partial charge in [0, 0.05) is 5.56 Å². The summed E-state index contributed by atoms with van der Waals surface area (Å²) in [5, 5.41) is 0. The third-order valence-electron chi connectivity index (χ3n) is 2.44. The molecule has 0 saturated carbocycles. The molecule has 1 amide bonds. The van der Waals surface area contributed by atoms with Gasteiger partial charge in [0.1, 0.15) is 11.0 Å². The Bertz CT molecular complexity index is 576. The number of nitrogens with zero attached hydrogens (tertiary/aromatic N) is 1. The second-order valence-corrected chi connectivity index (χ2v) is 3.51. The molecule has 17 heavy (non-hydrogen) atoms. The highest BCUT2D eigenvalue weighted by molar-refractivity contribution is 5.95. The lowest BCUT2D eigenvalue weighted by Gasteiger charge is -1.96. The summed E-state index contributed by atoms with van der Waals surface area (Å²) < 4.78 is 1.87. The van der Waals surface area contributed by atoms with Gasteiger partial charge in [-0.25, -0.2) is 9.55 Å². The van der Waals surface area contributed by atoms with E-state index in [0.29, 0.717) is 18.1 Å². The average Bonchev–Trinajstić information content (AvgIpc) is 2.55. The first-order valence-electron chi connectivity index (χ1n) is 4.85. The predicted octanol–water partition coefficient (Wildman–Crippen LogP) is -2.67. The van der Waals surface area contributed by atoms with E-state index >= 15 is 0 Å². The molecule has 6 heteroatoms. The molecule has 5 nitrogen and oxygen atoms in total. The molecule has 0 fully saturated rings. The number of fused-ring (bicyclic) bond motifs is 1. The van der Waals surface area contributed by atoms with Gasteiger partial charge in [0.05, 0.1) is 6.54 Å². The number of allylic oxidation sites excluding steroid dienone is 1. The van der Waals surface area contributed by atoms with Crippen LogP contribution in [0.1, 0.15) is 10.4 Å². The van der Waals surface area contributed by atoms with Crippen LogP contribution >= 0.6 is 0 Å². The number of H-pyrrole nitrogens is 1. The number of aromatic amines is 1. The fraction of sp³-hybridized carbons (Fsp3) is 0.0909. The van der Waals surface area contributed by atoms with Crippen LogP contribution in [0.5, 0.6) is 0 Å². The average molecular weight is 297 g/mol. The molecule has 1 aromatic heterocycles. The Morgan fingerprint density at radius 1 is 1.53 bits per heavy atom. The van der Waals surface area contributed by atoms with Crippen molar-refractivity contribution in [3.63, 3.8) is 0 Å². The fourth-order valence-electron chi connectivity index (χ4n) is 1.69. The summed E-state index contributed by atoms with van der Waals surface area (Å²) in [5.41, 5.74) is 13.2. The van der Waals surface area contributed by atoms with Crippen LogP contribution in [0.3, 0.4) is 0 Å². The quantitative estimate of drug-likeness (QED) is 0.426. The van der Waals surface area contributed by atoms with Crippen LogP contribution in [0.4, 0.5) is 5.95 Å². The summed E-state index contributed by atoms with van der Waals surface area (Å²) in [5.74, 6) is 0.0712. The molecule has 0 radical (unpaired) electrons. The summed E-state index contributed by atoms with van der Waals surface area (Å²) in [4.78, 5) is 14.0. The van der Waals surface area contributed by atoms with Crippen LogP contribution in [0.2, 0.25) is 0 Å². The highest BCUT2D eigenvalue weighted by Crippen LogP contribution is 2.13. The van der Waals surface area contributed by atoms with Crippen LogP contribution < -0.4 is 33.0 Å². The number of anilines is 1. The first kappa shape index (κ1) is 13.2. The number of nitrogens with two attached hydrogens (primary N) is 2. The van der Waals surface area contributed by atoms with Crippen molar-refractivity contribution in [3.8, 4) is 0 Å². The highest BCUT2D eigenvalue weighted by atomic mass is 79.9.